The van der Waals surface area contributed by atoms with Gasteiger partial charge in [0.1, 0.15) is 0 Å². The van der Waals surface area contributed by atoms with Crippen LogP contribution in [0.2, 0.25) is 0 Å². The number of halogens is 1. The Bertz CT molecular complexity index is 497. The third-order valence-electron chi connectivity index (χ3n) is 2.44. The first kappa shape index (κ1) is 9.87. The summed E-state index contributed by atoms with van der Waals surface area (Å²) in [6.45, 7) is -0.287. The van der Waals surface area contributed by atoms with E-state index in [1.165, 1.54) is 0 Å². The highest BCUT2D eigenvalue weighted by molar-refractivity contribution is 5.93. The first-order valence-corrected chi connectivity index (χ1v) is 4.75. The second kappa shape index (κ2) is 4.24. The van der Waals surface area contributed by atoms with Crippen LogP contribution in [-0.2, 0) is 0 Å². The van der Waals surface area contributed by atoms with E-state index in [0.29, 0.717) is 11.9 Å². The largest absolute Gasteiger partial charge is 0.392 e. The zero-order valence-electron chi connectivity index (χ0n) is 8.15. The van der Waals surface area contributed by atoms with Crippen LogP contribution in [-0.4, -0.2) is 11.7 Å². The molecule has 2 aromatic carbocycles. The van der Waals surface area contributed by atoms with Crippen LogP contribution in [0.1, 0.15) is 5.56 Å². The summed E-state index contributed by atoms with van der Waals surface area (Å²) < 4.78 is 12.5. The van der Waals surface area contributed by atoms with E-state index >= 15 is 0 Å². The molecule has 0 aromatic heterocycles. The second-order valence-electron chi connectivity index (χ2n) is 3.32. The van der Waals surface area contributed by atoms with Crippen LogP contribution in [0.15, 0.2) is 48.8 Å². The lowest BCUT2D eigenvalue weighted by Gasteiger charge is -2.06. The van der Waals surface area contributed by atoms with Gasteiger partial charge < -0.3 is 5.11 Å². The van der Waals surface area contributed by atoms with Gasteiger partial charge in [-0.3, -0.25) is 0 Å². The summed E-state index contributed by atoms with van der Waals surface area (Å²) >= 11 is 0. The van der Waals surface area contributed by atoms with Gasteiger partial charge in [0.05, 0.1) is 12.9 Å². The third kappa shape index (κ3) is 1.76. The number of benzene rings is 2. The summed E-state index contributed by atoms with van der Waals surface area (Å²) in [6, 6.07) is 13.4. The lowest BCUT2D eigenvalue weighted by atomic mass is 10.00. The monoisotopic (exact) mass is 202 g/mol. The van der Waals surface area contributed by atoms with E-state index in [1.807, 2.05) is 42.5 Å². The van der Waals surface area contributed by atoms with Gasteiger partial charge in [0.15, 0.2) is 0 Å². The van der Waals surface area contributed by atoms with E-state index in [4.69, 9.17) is 5.11 Å². The van der Waals surface area contributed by atoms with E-state index in [1.54, 1.807) is 0 Å². The Hall–Kier alpha value is -1.67. The van der Waals surface area contributed by atoms with Crippen molar-refractivity contribution < 1.29 is 9.50 Å². The lowest BCUT2D eigenvalue weighted by molar-refractivity contribution is 0.349. The van der Waals surface area contributed by atoms with Crippen LogP contribution < -0.4 is 0 Å². The Morgan fingerprint density at radius 2 is 1.87 bits per heavy atom. The molecule has 0 aliphatic rings. The predicted octanol–water partition coefficient (Wildman–Crippen LogP) is 3.14. The van der Waals surface area contributed by atoms with Gasteiger partial charge in [-0.05, 0) is 16.3 Å². The average Bonchev–Trinajstić information content (AvgIpc) is 2.31. The van der Waals surface area contributed by atoms with E-state index in [9.17, 15) is 4.39 Å². The molecule has 2 heteroatoms. The van der Waals surface area contributed by atoms with Gasteiger partial charge in [-0.15, -0.1) is 0 Å². The van der Waals surface area contributed by atoms with E-state index in [0.717, 1.165) is 16.3 Å². The van der Waals surface area contributed by atoms with Crippen LogP contribution in [0, 0.1) is 0 Å². The van der Waals surface area contributed by atoms with Gasteiger partial charge in [-0.1, -0.05) is 42.5 Å². The summed E-state index contributed by atoms with van der Waals surface area (Å²) in [5, 5.41) is 11.0. The number of hydrogen-bond donors (Lipinski definition) is 1. The average molecular weight is 202 g/mol. The minimum Gasteiger partial charge on any atom is -0.392 e. The van der Waals surface area contributed by atoms with Crippen molar-refractivity contribution in [3.05, 3.63) is 54.4 Å². The van der Waals surface area contributed by atoms with Crippen molar-refractivity contribution in [2.45, 2.75) is 0 Å². The number of aliphatic hydroxyl groups is 1. The topological polar surface area (TPSA) is 20.2 Å². The standard InChI is InChI=1S/C13H11FO/c14-8-11(9-15)13-7-3-5-10-4-1-2-6-12(10)13/h1-8,15H,9H2. The first-order valence-electron chi connectivity index (χ1n) is 4.75. The third-order valence-corrected chi connectivity index (χ3v) is 2.44. The maximum atomic E-state index is 12.5. The summed E-state index contributed by atoms with van der Waals surface area (Å²) in [6.07, 6.45) is 0.460. The minimum absolute atomic E-state index is 0.287. The molecule has 0 aliphatic carbocycles. The van der Waals surface area contributed by atoms with Crippen molar-refractivity contribution in [3.63, 3.8) is 0 Å². The van der Waals surface area contributed by atoms with Crippen molar-refractivity contribution in [3.8, 4) is 0 Å². The van der Waals surface area contributed by atoms with E-state index in [2.05, 4.69) is 0 Å². The highest BCUT2D eigenvalue weighted by Gasteiger charge is 2.04. The molecule has 0 bridgehead atoms. The molecule has 0 spiro atoms. The van der Waals surface area contributed by atoms with Crippen LogP contribution in [0.3, 0.4) is 0 Å². The highest BCUT2D eigenvalue weighted by Crippen LogP contribution is 2.24. The molecule has 0 unspecified atom stereocenters. The molecule has 0 fully saturated rings. The molecular weight excluding hydrogens is 191 g/mol. The van der Waals surface area contributed by atoms with Gasteiger partial charge in [0.2, 0.25) is 0 Å². The quantitative estimate of drug-likeness (QED) is 0.793. The molecule has 0 heterocycles. The Labute approximate surface area is 87.5 Å². The van der Waals surface area contributed by atoms with Crippen molar-refractivity contribution in [1.29, 1.82) is 0 Å². The fourth-order valence-corrected chi connectivity index (χ4v) is 1.68. The van der Waals surface area contributed by atoms with Crippen molar-refractivity contribution in [1.82, 2.24) is 0 Å². The molecular formula is C13H11FO. The zero-order valence-corrected chi connectivity index (χ0v) is 8.15. The molecule has 0 saturated carbocycles. The molecule has 0 atom stereocenters. The van der Waals surface area contributed by atoms with Gasteiger partial charge in [-0.2, -0.15) is 0 Å². The predicted molar refractivity (Wildman–Crippen MR) is 60.1 cm³/mol. The van der Waals surface area contributed by atoms with Gasteiger partial charge in [0.25, 0.3) is 0 Å². The highest BCUT2D eigenvalue weighted by atomic mass is 19.1. The van der Waals surface area contributed by atoms with Crippen molar-refractivity contribution in [2.24, 2.45) is 0 Å². The number of fused-ring (bicyclic) bond motifs is 1. The fourth-order valence-electron chi connectivity index (χ4n) is 1.68. The summed E-state index contributed by atoms with van der Waals surface area (Å²) in [4.78, 5) is 0. The molecule has 1 N–H and O–H groups in total. The maximum absolute atomic E-state index is 12.5. The zero-order chi connectivity index (χ0) is 10.7. The summed E-state index contributed by atoms with van der Waals surface area (Å²) in [5.41, 5.74) is 1.06. The molecule has 2 aromatic rings. The number of aliphatic hydroxyl groups excluding tert-OH is 1. The van der Waals surface area contributed by atoms with Crippen molar-refractivity contribution in [2.75, 3.05) is 6.61 Å². The van der Waals surface area contributed by atoms with Crippen LogP contribution in [0.4, 0.5) is 4.39 Å². The second-order valence-corrected chi connectivity index (χ2v) is 3.32. The minimum atomic E-state index is -0.287. The summed E-state index contributed by atoms with van der Waals surface area (Å²) in [7, 11) is 0. The molecule has 76 valence electrons. The maximum Gasteiger partial charge on any atom is 0.0928 e. The molecule has 0 amide bonds. The molecule has 0 aliphatic heterocycles. The van der Waals surface area contributed by atoms with Crippen molar-refractivity contribution >= 4 is 16.3 Å². The number of rotatable bonds is 2. The van der Waals surface area contributed by atoms with Gasteiger partial charge in [-0.25, -0.2) is 4.39 Å². The first-order chi connectivity index (χ1) is 7.36. The summed E-state index contributed by atoms with van der Waals surface area (Å²) in [5.74, 6) is 0. The molecule has 15 heavy (non-hydrogen) atoms. The molecule has 2 rings (SSSR count). The number of hydrogen-bond acceptors (Lipinski definition) is 1. The molecule has 0 saturated heterocycles. The Morgan fingerprint density at radius 3 is 2.60 bits per heavy atom. The van der Waals surface area contributed by atoms with Gasteiger partial charge in [0, 0.05) is 5.57 Å². The van der Waals surface area contributed by atoms with Crippen LogP contribution >= 0.6 is 0 Å². The normalized spacial score (nSPS) is 12.0. The molecule has 0 radical (unpaired) electrons. The molecule has 1 nitrogen and oxygen atoms in total. The Morgan fingerprint density at radius 1 is 1.13 bits per heavy atom. The Kier molecular flexibility index (Phi) is 2.79. The van der Waals surface area contributed by atoms with E-state index < -0.39 is 0 Å². The van der Waals surface area contributed by atoms with E-state index in [-0.39, 0.29) is 6.61 Å². The van der Waals surface area contributed by atoms with Gasteiger partial charge >= 0.3 is 0 Å². The van der Waals surface area contributed by atoms with Crippen LogP contribution in [0.25, 0.3) is 16.3 Å². The lowest BCUT2D eigenvalue weighted by Crippen LogP contribution is -1.90. The Balaban J connectivity index is 2.71. The fraction of sp³-hybridized carbons (Fsp3) is 0.0769. The van der Waals surface area contributed by atoms with Crippen LogP contribution in [0.5, 0.6) is 0 Å². The smallest absolute Gasteiger partial charge is 0.0928 e. The SMILES string of the molecule is OCC(=CF)c1cccc2ccccc12.